The number of rotatable bonds is 2. The summed E-state index contributed by atoms with van der Waals surface area (Å²) in [5.74, 6) is -0.668. The molecule has 0 bridgehead atoms. The summed E-state index contributed by atoms with van der Waals surface area (Å²) in [7, 11) is 0. The molecular weight excluding hydrogens is 479 g/mol. The fraction of sp³-hybridized carbons (Fsp3) is 0.238. The van der Waals surface area contributed by atoms with Crippen LogP contribution in [0.15, 0.2) is 62.8 Å². The molecule has 0 spiro atoms. The van der Waals surface area contributed by atoms with Crippen LogP contribution in [0.5, 0.6) is 0 Å². The third-order valence-electron chi connectivity index (χ3n) is 5.22. The molecule has 4 nitrogen and oxygen atoms in total. The number of hydrogen-bond donors (Lipinski definition) is 1. The summed E-state index contributed by atoms with van der Waals surface area (Å²) in [5, 5.41) is 9.89. The normalized spacial score (nSPS) is 19.8. The zero-order valence-corrected chi connectivity index (χ0v) is 17.9. The van der Waals surface area contributed by atoms with E-state index in [0.29, 0.717) is 30.5 Å². The van der Waals surface area contributed by atoms with Gasteiger partial charge in [0, 0.05) is 28.3 Å². The lowest BCUT2D eigenvalue weighted by Crippen LogP contribution is -2.38. The van der Waals surface area contributed by atoms with E-state index < -0.39 is 17.7 Å². The Labute approximate surface area is 183 Å². The molecule has 2 N–H and O–H groups in total. The molecule has 0 amide bonds. The number of carbonyl (C=O) groups is 1. The monoisotopic (exact) mass is 493 g/mol. The van der Waals surface area contributed by atoms with Gasteiger partial charge in [-0.1, -0.05) is 6.07 Å². The number of nitriles is 1. The summed E-state index contributed by atoms with van der Waals surface area (Å²) in [6.45, 7) is 0. The third kappa shape index (κ3) is 3.44. The van der Waals surface area contributed by atoms with E-state index in [1.54, 1.807) is 0 Å². The number of benzene rings is 1. The fourth-order valence-corrected chi connectivity index (χ4v) is 5.51. The van der Waals surface area contributed by atoms with Gasteiger partial charge in [0.25, 0.3) is 0 Å². The summed E-state index contributed by atoms with van der Waals surface area (Å²) in [6.07, 6.45) is -3.13. The minimum absolute atomic E-state index is 0.0554. The number of thiophene rings is 1. The molecule has 154 valence electrons. The maximum Gasteiger partial charge on any atom is 0.416 e. The predicted octanol–water partition coefficient (Wildman–Crippen LogP) is 5.83. The van der Waals surface area contributed by atoms with Gasteiger partial charge in [0.15, 0.2) is 5.78 Å². The second-order valence-electron chi connectivity index (χ2n) is 7.01. The van der Waals surface area contributed by atoms with E-state index in [4.69, 9.17) is 5.73 Å². The van der Waals surface area contributed by atoms with Crippen molar-refractivity contribution in [2.24, 2.45) is 5.73 Å². The third-order valence-corrected chi connectivity index (χ3v) is 6.91. The first-order valence-corrected chi connectivity index (χ1v) is 10.7. The Hall–Kier alpha value is -2.57. The molecule has 2 heterocycles. The SMILES string of the molecule is N#CC1=C(N)N(c2cccc(C(F)(F)F)c2)C2=C(C(=O)CCC2)[C@@H]1c1ccc(Br)s1. The van der Waals surface area contributed by atoms with Crippen LogP contribution in [0.2, 0.25) is 0 Å². The standard InChI is InChI=1S/C21H15BrF3N3OS/c22-17-8-7-16(30-17)18-13(10-26)20(27)28(14-5-2-6-15(29)19(14)18)12-4-1-3-11(9-12)21(23,24)25/h1,3-4,7-9,18H,2,5-6,27H2/t18-/m0/s1. The van der Waals surface area contributed by atoms with E-state index in [1.165, 1.54) is 28.4 Å². The Morgan fingerprint density at radius 1 is 1.23 bits per heavy atom. The maximum absolute atomic E-state index is 13.3. The van der Waals surface area contributed by atoms with Crippen molar-refractivity contribution in [1.82, 2.24) is 0 Å². The zero-order valence-electron chi connectivity index (χ0n) is 15.5. The Morgan fingerprint density at radius 3 is 2.63 bits per heavy atom. The maximum atomic E-state index is 13.3. The molecule has 4 rings (SSSR count). The van der Waals surface area contributed by atoms with Crippen LogP contribution in [0.4, 0.5) is 18.9 Å². The minimum atomic E-state index is -4.52. The molecule has 0 saturated carbocycles. The number of nitrogens with two attached hydrogens (primary N) is 1. The molecule has 1 atom stereocenters. The van der Waals surface area contributed by atoms with Gasteiger partial charge in [-0.15, -0.1) is 11.3 Å². The van der Waals surface area contributed by atoms with E-state index in [0.717, 1.165) is 20.8 Å². The van der Waals surface area contributed by atoms with Crippen molar-refractivity contribution in [1.29, 1.82) is 5.26 Å². The lowest BCUT2D eigenvalue weighted by molar-refractivity contribution is -0.137. The highest BCUT2D eigenvalue weighted by atomic mass is 79.9. The lowest BCUT2D eigenvalue weighted by atomic mass is 9.78. The van der Waals surface area contributed by atoms with Crippen molar-refractivity contribution in [3.8, 4) is 6.07 Å². The van der Waals surface area contributed by atoms with Gasteiger partial charge in [-0.05, 0) is 59.1 Å². The van der Waals surface area contributed by atoms with Crippen LogP contribution in [-0.2, 0) is 11.0 Å². The van der Waals surface area contributed by atoms with Crippen LogP contribution in [0.1, 0.15) is 35.6 Å². The second kappa shape index (κ2) is 7.60. The van der Waals surface area contributed by atoms with Crippen LogP contribution in [0.25, 0.3) is 0 Å². The van der Waals surface area contributed by atoms with E-state index in [2.05, 4.69) is 22.0 Å². The van der Waals surface area contributed by atoms with Crippen molar-refractivity contribution in [2.75, 3.05) is 4.90 Å². The van der Waals surface area contributed by atoms with Gasteiger partial charge in [0.05, 0.1) is 26.9 Å². The molecule has 1 aliphatic carbocycles. The molecule has 0 saturated heterocycles. The highest BCUT2D eigenvalue weighted by Gasteiger charge is 2.41. The fourth-order valence-electron chi connectivity index (χ4n) is 3.97. The van der Waals surface area contributed by atoms with Crippen molar-refractivity contribution >= 4 is 38.7 Å². The van der Waals surface area contributed by atoms with Crippen molar-refractivity contribution in [3.63, 3.8) is 0 Å². The van der Waals surface area contributed by atoms with Gasteiger partial charge in [-0.2, -0.15) is 18.4 Å². The van der Waals surface area contributed by atoms with Crippen LogP contribution < -0.4 is 10.6 Å². The quantitative estimate of drug-likeness (QED) is 0.570. The number of anilines is 1. The van der Waals surface area contributed by atoms with Gasteiger partial charge in [0.2, 0.25) is 0 Å². The number of carbonyl (C=O) groups excluding carboxylic acids is 1. The molecule has 0 unspecified atom stereocenters. The first-order chi connectivity index (χ1) is 14.2. The predicted molar refractivity (Wildman–Crippen MR) is 111 cm³/mol. The van der Waals surface area contributed by atoms with Crippen molar-refractivity contribution < 1.29 is 18.0 Å². The van der Waals surface area contributed by atoms with E-state index in [-0.39, 0.29) is 22.9 Å². The summed E-state index contributed by atoms with van der Waals surface area (Å²) in [6, 6.07) is 10.5. The molecule has 2 aliphatic rings. The number of hydrogen-bond acceptors (Lipinski definition) is 5. The van der Waals surface area contributed by atoms with E-state index in [1.807, 2.05) is 12.1 Å². The van der Waals surface area contributed by atoms with Crippen molar-refractivity contribution in [2.45, 2.75) is 31.4 Å². The lowest BCUT2D eigenvalue weighted by Gasteiger charge is -2.39. The molecule has 30 heavy (non-hydrogen) atoms. The number of ketones is 1. The first kappa shape index (κ1) is 20.7. The second-order valence-corrected chi connectivity index (χ2v) is 9.50. The summed E-state index contributed by atoms with van der Waals surface area (Å²) >= 11 is 4.80. The molecule has 2 aromatic rings. The molecule has 1 aromatic heterocycles. The number of Topliss-reactive ketones (excluding diaryl/α,β-unsaturated/α-hetero) is 1. The molecule has 0 radical (unpaired) electrons. The average molecular weight is 494 g/mol. The Kier molecular flexibility index (Phi) is 5.24. The van der Waals surface area contributed by atoms with Crippen molar-refractivity contribution in [3.05, 3.63) is 73.3 Å². The summed E-state index contributed by atoms with van der Waals surface area (Å²) < 4.78 is 40.7. The van der Waals surface area contributed by atoms with Gasteiger partial charge >= 0.3 is 6.18 Å². The smallest absolute Gasteiger partial charge is 0.384 e. The topological polar surface area (TPSA) is 70.1 Å². The average Bonchev–Trinajstić information content (AvgIpc) is 3.12. The van der Waals surface area contributed by atoms with Crippen LogP contribution in [0, 0.1) is 11.3 Å². The van der Waals surface area contributed by atoms with E-state index >= 15 is 0 Å². The van der Waals surface area contributed by atoms with Gasteiger partial charge in [0.1, 0.15) is 5.82 Å². The zero-order chi connectivity index (χ0) is 21.6. The Balaban J connectivity index is 1.95. The van der Waals surface area contributed by atoms with Crippen LogP contribution in [-0.4, -0.2) is 5.78 Å². The molecule has 9 heteroatoms. The van der Waals surface area contributed by atoms with E-state index in [9.17, 15) is 23.2 Å². The Morgan fingerprint density at radius 2 is 2.00 bits per heavy atom. The van der Waals surface area contributed by atoms with Gasteiger partial charge < -0.3 is 5.73 Å². The Bertz CT molecular complexity index is 1140. The highest BCUT2D eigenvalue weighted by Crippen LogP contribution is 2.48. The molecule has 1 aliphatic heterocycles. The van der Waals surface area contributed by atoms with Gasteiger partial charge in [-0.25, -0.2) is 0 Å². The number of allylic oxidation sites excluding steroid dienone is 3. The molecule has 0 fully saturated rings. The van der Waals surface area contributed by atoms with Gasteiger partial charge in [-0.3, -0.25) is 9.69 Å². The van der Waals surface area contributed by atoms with Crippen LogP contribution >= 0.6 is 27.3 Å². The molecule has 1 aromatic carbocycles. The largest absolute Gasteiger partial charge is 0.416 e. The number of alkyl halides is 3. The number of nitrogens with zero attached hydrogens (tertiary/aromatic N) is 2. The minimum Gasteiger partial charge on any atom is -0.384 e. The molecular formula is C21H15BrF3N3OS. The highest BCUT2D eigenvalue weighted by molar-refractivity contribution is 9.11. The first-order valence-electron chi connectivity index (χ1n) is 9.11. The van der Waals surface area contributed by atoms with Crippen LogP contribution in [0.3, 0.4) is 0 Å². The summed E-state index contributed by atoms with van der Waals surface area (Å²) in [4.78, 5) is 15.2. The number of halogens is 4. The summed E-state index contributed by atoms with van der Waals surface area (Å²) in [5.41, 5.74) is 6.90.